The second kappa shape index (κ2) is 5.69. The van der Waals surface area contributed by atoms with Crippen LogP contribution in [0.25, 0.3) is 0 Å². The van der Waals surface area contributed by atoms with E-state index in [0.29, 0.717) is 37.7 Å². The van der Waals surface area contributed by atoms with E-state index in [2.05, 4.69) is 0 Å². The summed E-state index contributed by atoms with van der Waals surface area (Å²) >= 11 is 0. The van der Waals surface area contributed by atoms with Gasteiger partial charge in [-0.1, -0.05) is 0 Å². The fourth-order valence-electron chi connectivity index (χ4n) is 2.40. The molecule has 0 aromatic heterocycles. The Kier molecular flexibility index (Phi) is 3.74. The lowest BCUT2D eigenvalue weighted by atomic mass is 10.2. The third-order valence-corrected chi connectivity index (χ3v) is 3.52. The molecule has 1 saturated heterocycles. The minimum Gasteiger partial charge on any atom is -0.482 e. The first-order chi connectivity index (χ1) is 10.1. The second-order valence-corrected chi connectivity index (χ2v) is 4.87. The molecule has 0 radical (unpaired) electrons. The van der Waals surface area contributed by atoms with Crippen molar-refractivity contribution in [2.75, 3.05) is 44.4 Å². The number of carbonyl (C=O) groups is 2. The first-order valence-corrected chi connectivity index (χ1v) is 6.73. The molecule has 2 heterocycles. The standard InChI is InChI=1S/C14H15FN2O4/c15-10-1-2-12-11(7-10)17(14(19)9-21-12)8-13(18)16-3-5-20-6-4-16/h1-2,7H,3-6,8-9H2. The molecule has 3 rings (SSSR count). The quantitative estimate of drug-likeness (QED) is 0.793. The highest BCUT2D eigenvalue weighted by Crippen LogP contribution is 2.32. The fourth-order valence-corrected chi connectivity index (χ4v) is 2.40. The number of halogens is 1. The molecule has 1 aromatic carbocycles. The van der Waals surface area contributed by atoms with Gasteiger partial charge in [0.25, 0.3) is 5.91 Å². The number of hydrogen-bond donors (Lipinski definition) is 0. The molecule has 0 bridgehead atoms. The summed E-state index contributed by atoms with van der Waals surface area (Å²) in [6, 6.07) is 3.93. The van der Waals surface area contributed by atoms with E-state index >= 15 is 0 Å². The highest BCUT2D eigenvalue weighted by molar-refractivity contribution is 6.02. The number of nitrogens with zero attached hydrogens (tertiary/aromatic N) is 2. The van der Waals surface area contributed by atoms with Crippen molar-refractivity contribution in [3.63, 3.8) is 0 Å². The Morgan fingerprint density at radius 1 is 1.29 bits per heavy atom. The largest absolute Gasteiger partial charge is 0.482 e. The van der Waals surface area contributed by atoms with Crippen molar-refractivity contribution >= 4 is 17.5 Å². The van der Waals surface area contributed by atoms with E-state index in [1.54, 1.807) is 4.90 Å². The SMILES string of the molecule is O=C(CN1C(=O)COc2ccc(F)cc21)N1CCOCC1. The van der Waals surface area contributed by atoms with Crippen LogP contribution in [-0.2, 0) is 14.3 Å². The molecule has 112 valence electrons. The van der Waals surface area contributed by atoms with Crippen molar-refractivity contribution in [3.05, 3.63) is 24.0 Å². The first kappa shape index (κ1) is 13.8. The van der Waals surface area contributed by atoms with Crippen LogP contribution in [0.5, 0.6) is 5.75 Å². The Morgan fingerprint density at radius 2 is 2.05 bits per heavy atom. The Labute approximate surface area is 121 Å². The maximum absolute atomic E-state index is 13.4. The van der Waals surface area contributed by atoms with Crippen molar-refractivity contribution in [1.29, 1.82) is 0 Å². The minimum absolute atomic E-state index is 0.112. The van der Waals surface area contributed by atoms with Crippen LogP contribution < -0.4 is 9.64 Å². The van der Waals surface area contributed by atoms with Crippen LogP contribution in [0.3, 0.4) is 0 Å². The van der Waals surface area contributed by atoms with Crippen LogP contribution >= 0.6 is 0 Å². The average molecular weight is 294 g/mol. The summed E-state index contributed by atoms with van der Waals surface area (Å²) in [6.45, 7) is 1.75. The maximum atomic E-state index is 13.4. The van der Waals surface area contributed by atoms with Gasteiger partial charge in [0.1, 0.15) is 18.1 Å². The van der Waals surface area contributed by atoms with E-state index in [9.17, 15) is 14.0 Å². The molecule has 0 unspecified atom stereocenters. The molecule has 1 aromatic rings. The molecule has 2 aliphatic heterocycles. The summed E-state index contributed by atoms with van der Waals surface area (Å²) in [6.07, 6.45) is 0. The molecule has 0 aliphatic carbocycles. The van der Waals surface area contributed by atoms with Crippen molar-refractivity contribution < 1.29 is 23.5 Å². The van der Waals surface area contributed by atoms with Gasteiger partial charge < -0.3 is 14.4 Å². The van der Waals surface area contributed by atoms with Gasteiger partial charge in [-0.05, 0) is 12.1 Å². The van der Waals surface area contributed by atoms with Gasteiger partial charge >= 0.3 is 0 Å². The lowest BCUT2D eigenvalue weighted by molar-refractivity contribution is -0.135. The zero-order chi connectivity index (χ0) is 14.8. The first-order valence-electron chi connectivity index (χ1n) is 6.73. The molecular weight excluding hydrogens is 279 g/mol. The lowest BCUT2D eigenvalue weighted by Gasteiger charge is -2.32. The Bertz CT molecular complexity index is 572. The zero-order valence-corrected chi connectivity index (χ0v) is 11.4. The smallest absolute Gasteiger partial charge is 0.265 e. The molecule has 6 nitrogen and oxygen atoms in total. The van der Waals surface area contributed by atoms with Crippen molar-refractivity contribution in [2.24, 2.45) is 0 Å². The van der Waals surface area contributed by atoms with Crippen LogP contribution in [0.2, 0.25) is 0 Å². The maximum Gasteiger partial charge on any atom is 0.265 e. The molecular formula is C14H15FN2O4. The monoisotopic (exact) mass is 294 g/mol. The van der Waals surface area contributed by atoms with Gasteiger partial charge in [-0.15, -0.1) is 0 Å². The van der Waals surface area contributed by atoms with E-state index in [0.717, 1.165) is 0 Å². The summed E-state index contributed by atoms with van der Waals surface area (Å²) < 4.78 is 23.8. The normalized spacial score (nSPS) is 18.2. The Morgan fingerprint density at radius 3 is 2.81 bits per heavy atom. The number of rotatable bonds is 2. The topological polar surface area (TPSA) is 59.1 Å². The van der Waals surface area contributed by atoms with Crippen LogP contribution in [-0.4, -0.2) is 56.2 Å². The molecule has 0 spiro atoms. The summed E-state index contributed by atoms with van der Waals surface area (Å²) in [5.41, 5.74) is 0.299. The van der Waals surface area contributed by atoms with Crippen molar-refractivity contribution in [2.45, 2.75) is 0 Å². The predicted molar refractivity (Wildman–Crippen MR) is 71.6 cm³/mol. The molecule has 7 heteroatoms. The number of fused-ring (bicyclic) bond motifs is 1. The molecule has 2 amide bonds. The van der Waals surface area contributed by atoms with E-state index in [4.69, 9.17) is 9.47 Å². The fraction of sp³-hybridized carbons (Fsp3) is 0.429. The van der Waals surface area contributed by atoms with Gasteiger partial charge in [0.2, 0.25) is 5.91 Å². The Balaban J connectivity index is 1.79. The van der Waals surface area contributed by atoms with Gasteiger partial charge in [-0.25, -0.2) is 4.39 Å². The number of hydrogen-bond acceptors (Lipinski definition) is 4. The van der Waals surface area contributed by atoms with Gasteiger partial charge in [0.05, 0.1) is 18.9 Å². The third kappa shape index (κ3) is 2.82. The molecule has 1 fully saturated rings. The molecule has 0 atom stereocenters. The van der Waals surface area contributed by atoms with Crippen molar-refractivity contribution in [1.82, 2.24) is 4.90 Å². The molecule has 21 heavy (non-hydrogen) atoms. The lowest BCUT2D eigenvalue weighted by Crippen LogP contribution is -2.49. The average Bonchev–Trinajstić information content (AvgIpc) is 2.51. The number of amides is 2. The summed E-state index contributed by atoms with van der Waals surface area (Å²) in [5.74, 6) is -0.597. The molecule has 0 N–H and O–H groups in total. The van der Waals surface area contributed by atoms with E-state index in [1.807, 2.05) is 0 Å². The highest BCUT2D eigenvalue weighted by Gasteiger charge is 2.29. The third-order valence-electron chi connectivity index (χ3n) is 3.52. The highest BCUT2D eigenvalue weighted by atomic mass is 19.1. The van der Waals surface area contributed by atoms with E-state index in [-0.39, 0.29) is 25.0 Å². The predicted octanol–water partition coefficient (Wildman–Crippen LogP) is 0.410. The van der Waals surface area contributed by atoms with E-state index in [1.165, 1.54) is 23.1 Å². The summed E-state index contributed by atoms with van der Waals surface area (Å²) in [5, 5.41) is 0. The summed E-state index contributed by atoms with van der Waals surface area (Å²) in [4.78, 5) is 27.1. The van der Waals surface area contributed by atoms with Crippen LogP contribution in [0.1, 0.15) is 0 Å². The van der Waals surface area contributed by atoms with E-state index < -0.39 is 5.82 Å². The Hall–Kier alpha value is -2.15. The number of ether oxygens (including phenoxy) is 2. The second-order valence-electron chi connectivity index (χ2n) is 4.87. The van der Waals surface area contributed by atoms with Crippen LogP contribution in [0, 0.1) is 5.82 Å². The van der Waals surface area contributed by atoms with Crippen LogP contribution in [0.4, 0.5) is 10.1 Å². The van der Waals surface area contributed by atoms with Gasteiger partial charge in [0.15, 0.2) is 6.61 Å². The van der Waals surface area contributed by atoms with Gasteiger partial charge in [0, 0.05) is 19.2 Å². The van der Waals surface area contributed by atoms with Crippen molar-refractivity contribution in [3.8, 4) is 5.75 Å². The minimum atomic E-state index is -0.476. The number of anilines is 1. The van der Waals surface area contributed by atoms with Gasteiger partial charge in [-0.3, -0.25) is 14.5 Å². The molecule has 2 aliphatic rings. The summed E-state index contributed by atoms with van der Waals surface area (Å²) in [7, 11) is 0. The van der Waals surface area contributed by atoms with Crippen LogP contribution in [0.15, 0.2) is 18.2 Å². The number of carbonyl (C=O) groups excluding carboxylic acids is 2. The van der Waals surface area contributed by atoms with Gasteiger partial charge in [-0.2, -0.15) is 0 Å². The molecule has 0 saturated carbocycles. The zero-order valence-electron chi connectivity index (χ0n) is 11.4. The number of benzene rings is 1. The number of morpholine rings is 1.